The van der Waals surface area contributed by atoms with Crippen molar-refractivity contribution < 1.29 is 0 Å². The first-order chi connectivity index (χ1) is 8.92. The van der Waals surface area contributed by atoms with E-state index in [9.17, 15) is 0 Å². The molecule has 0 atom stereocenters. The van der Waals surface area contributed by atoms with Gasteiger partial charge in [-0.05, 0) is 30.4 Å². The van der Waals surface area contributed by atoms with Crippen LogP contribution in [0.2, 0.25) is 0 Å². The molecule has 1 aromatic carbocycles. The van der Waals surface area contributed by atoms with Crippen LogP contribution < -0.4 is 0 Å². The molecule has 2 aliphatic heterocycles. The fourth-order valence-corrected chi connectivity index (χ4v) is 4.03. The molecule has 2 nitrogen and oxygen atoms in total. The van der Waals surface area contributed by atoms with Crippen LogP contribution in [0.3, 0.4) is 0 Å². The largest absolute Gasteiger partial charge is 0.344 e. The second-order valence-corrected chi connectivity index (χ2v) is 6.09. The predicted octanol–water partition coefficient (Wildman–Crippen LogP) is 3.14. The Hall–Kier alpha value is -0.990. The smallest absolute Gasteiger partial charge is 0.0519 e. The Labute approximate surface area is 119 Å². The summed E-state index contributed by atoms with van der Waals surface area (Å²) in [6.45, 7) is 3.70. The van der Waals surface area contributed by atoms with E-state index in [0.717, 1.165) is 6.04 Å². The standard InChI is InChI=1S/C16H18N2.ClH/c1-2-11-6-9-18-15-7-8-17(12-4-5-12)10-14(15)13(3-1)16(11)18;/h1-3,12H,4-10H2;1H. The van der Waals surface area contributed by atoms with Crippen molar-refractivity contribution in [3.8, 4) is 0 Å². The van der Waals surface area contributed by atoms with Crippen LogP contribution >= 0.6 is 12.4 Å². The fraction of sp³-hybridized carbons (Fsp3) is 0.500. The second kappa shape index (κ2) is 4.00. The van der Waals surface area contributed by atoms with E-state index in [0.29, 0.717) is 0 Å². The van der Waals surface area contributed by atoms with Gasteiger partial charge in [-0.2, -0.15) is 0 Å². The molecule has 3 heteroatoms. The maximum Gasteiger partial charge on any atom is 0.0519 e. The zero-order valence-electron chi connectivity index (χ0n) is 11.1. The maximum absolute atomic E-state index is 2.71. The van der Waals surface area contributed by atoms with Gasteiger partial charge in [0.05, 0.1) is 5.52 Å². The van der Waals surface area contributed by atoms with Crippen molar-refractivity contribution in [1.29, 1.82) is 0 Å². The van der Waals surface area contributed by atoms with Crippen molar-refractivity contribution in [3.63, 3.8) is 0 Å². The molecule has 0 radical (unpaired) electrons. The lowest BCUT2D eigenvalue weighted by Crippen LogP contribution is -2.32. The van der Waals surface area contributed by atoms with Crippen LogP contribution in [-0.2, 0) is 25.9 Å². The molecule has 1 aliphatic carbocycles. The van der Waals surface area contributed by atoms with Gasteiger partial charge in [0.2, 0.25) is 0 Å². The summed E-state index contributed by atoms with van der Waals surface area (Å²) in [5, 5.41) is 1.55. The zero-order chi connectivity index (χ0) is 11.7. The molecule has 0 saturated heterocycles. The van der Waals surface area contributed by atoms with Crippen LogP contribution in [0.1, 0.15) is 29.7 Å². The first kappa shape index (κ1) is 11.8. The lowest BCUT2D eigenvalue weighted by Gasteiger charge is -2.28. The molecular formula is C16H19ClN2. The molecule has 5 rings (SSSR count). The van der Waals surface area contributed by atoms with Gasteiger partial charge in [-0.25, -0.2) is 0 Å². The molecule has 0 bridgehead atoms. The van der Waals surface area contributed by atoms with E-state index < -0.39 is 0 Å². The van der Waals surface area contributed by atoms with Crippen molar-refractivity contribution in [2.45, 2.75) is 44.8 Å². The van der Waals surface area contributed by atoms with Crippen molar-refractivity contribution in [3.05, 3.63) is 35.0 Å². The quantitative estimate of drug-likeness (QED) is 0.776. The minimum absolute atomic E-state index is 0. The second-order valence-electron chi connectivity index (χ2n) is 6.09. The van der Waals surface area contributed by atoms with Crippen LogP contribution in [0.4, 0.5) is 0 Å². The van der Waals surface area contributed by atoms with E-state index >= 15 is 0 Å². The number of aromatic nitrogens is 1. The Morgan fingerprint density at radius 3 is 2.79 bits per heavy atom. The zero-order valence-corrected chi connectivity index (χ0v) is 11.9. The minimum atomic E-state index is 0. The van der Waals surface area contributed by atoms with Gasteiger partial charge in [0, 0.05) is 43.2 Å². The van der Waals surface area contributed by atoms with Crippen molar-refractivity contribution >= 4 is 23.3 Å². The fourth-order valence-electron chi connectivity index (χ4n) is 4.03. The topological polar surface area (TPSA) is 8.17 Å². The average Bonchev–Trinajstić information content (AvgIpc) is 3.10. The number of nitrogens with zero attached hydrogens (tertiary/aromatic N) is 2. The van der Waals surface area contributed by atoms with Gasteiger partial charge < -0.3 is 4.57 Å². The summed E-state index contributed by atoms with van der Waals surface area (Å²) >= 11 is 0. The third-order valence-electron chi connectivity index (χ3n) is 5.05. The van der Waals surface area contributed by atoms with E-state index in [1.54, 1.807) is 27.7 Å². The van der Waals surface area contributed by atoms with Crippen LogP contribution in [-0.4, -0.2) is 22.1 Å². The van der Waals surface area contributed by atoms with E-state index in [-0.39, 0.29) is 12.4 Å². The first-order valence-corrected chi connectivity index (χ1v) is 7.28. The van der Waals surface area contributed by atoms with Gasteiger partial charge in [0.15, 0.2) is 0 Å². The van der Waals surface area contributed by atoms with Crippen molar-refractivity contribution in [2.24, 2.45) is 0 Å². The van der Waals surface area contributed by atoms with E-state index in [1.165, 1.54) is 45.3 Å². The number of benzene rings is 1. The Morgan fingerprint density at radius 2 is 1.95 bits per heavy atom. The third kappa shape index (κ3) is 1.53. The van der Waals surface area contributed by atoms with Gasteiger partial charge in [-0.3, -0.25) is 4.90 Å². The summed E-state index contributed by atoms with van der Waals surface area (Å²) < 4.78 is 2.62. The maximum atomic E-state index is 2.71. The Kier molecular flexibility index (Phi) is 2.49. The number of hydrogen-bond acceptors (Lipinski definition) is 1. The summed E-state index contributed by atoms with van der Waals surface area (Å²) in [6.07, 6.45) is 5.37. The highest BCUT2D eigenvalue weighted by Gasteiger charge is 2.34. The van der Waals surface area contributed by atoms with Crippen LogP contribution in [0.5, 0.6) is 0 Å². The molecule has 3 aliphatic rings. The Bertz CT molecular complexity index is 654. The SMILES string of the molecule is Cl.c1cc2c3c(c1)c1c(n3CC2)CCN(C2CC2)C1. The Balaban J connectivity index is 0.000000968. The monoisotopic (exact) mass is 274 g/mol. The van der Waals surface area contributed by atoms with E-state index in [1.807, 2.05) is 0 Å². The number of para-hydroxylation sites is 1. The number of aryl methyl sites for hydroxylation is 2. The number of halogens is 1. The van der Waals surface area contributed by atoms with Gasteiger partial charge in [0.1, 0.15) is 0 Å². The molecular weight excluding hydrogens is 256 g/mol. The molecule has 1 aromatic heterocycles. The van der Waals surface area contributed by atoms with Gasteiger partial charge in [-0.1, -0.05) is 18.2 Å². The van der Waals surface area contributed by atoms with Crippen molar-refractivity contribution in [1.82, 2.24) is 9.47 Å². The minimum Gasteiger partial charge on any atom is -0.344 e. The number of fused-ring (bicyclic) bond motifs is 3. The highest BCUT2D eigenvalue weighted by Crippen LogP contribution is 2.39. The molecule has 0 spiro atoms. The lowest BCUT2D eigenvalue weighted by molar-refractivity contribution is 0.242. The summed E-state index contributed by atoms with van der Waals surface area (Å²) in [5.41, 5.74) is 6.41. The highest BCUT2D eigenvalue weighted by molar-refractivity contribution is 5.89. The van der Waals surface area contributed by atoms with E-state index in [2.05, 4.69) is 27.7 Å². The summed E-state index contributed by atoms with van der Waals surface area (Å²) in [6, 6.07) is 7.82. The predicted molar refractivity (Wildman–Crippen MR) is 80.0 cm³/mol. The molecule has 3 heterocycles. The van der Waals surface area contributed by atoms with Crippen LogP contribution in [0.25, 0.3) is 10.9 Å². The van der Waals surface area contributed by atoms with Gasteiger partial charge in [-0.15, -0.1) is 12.4 Å². The summed E-state index contributed by atoms with van der Waals surface area (Å²) in [5.74, 6) is 0. The van der Waals surface area contributed by atoms with E-state index in [4.69, 9.17) is 0 Å². The number of hydrogen-bond donors (Lipinski definition) is 0. The normalized spacial score (nSPS) is 21.5. The molecule has 0 unspecified atom stereocenters. The number of rotatable bonds is 1. The van der Waals surface area contributed by atoms with Crippen LogP contribution in [0, 0.1) is 0 Å². The molecule has 0 amide bonds. The molecule has 1 fully saturated rings. The molecule has 19 heavy (non-hydrogen) atoms. The first-order valence-electron chi connectivity index (χ1n) is 7.28. The highest BCUT2D eigenvalue weighted by atomic mass is 35.5. The molecule has 100 valence electrons. The lowest BCUT2D eigenvalue weighted by atomic mass is 10.0. The molecule has 0 N–H and O–H groups in total. The van der Waals surface area contributed by atoms with Gasteiger partial charge in [0.25, 0.3) is 0 Å². The Morgan fingerprint density at radius 1 is 1.05 bits per heavy atom. The van der Waals surface area contributed by atoms with Gasteiger partial charge >= 0.3 is 0 Å². The summed E-state index contributed by atoms with van der Waals surface area (Å²) in [7, 11) is 0. The van der Waals surface area contributed by atoms with Crippen LogP contribution in [0.15, 0.2) is 18.2 Å². The van der Waals surface area contributed by atoms with Crippen molar-refractivity contribution in [2.75, 3.05) is 6.54 Å². The summed E-state index contributed by atoms with van der Waals surface area (Å²) in [4.78, 5) is 2.71. The molecule has 1 saturated carbocycles. The molecule has 2 aromatic rings. The third-order valence-corrected chi connectivity index (χ3v) is 5.05. The average molecular weight is 275 g/mol.